The summed E-state index contributed by atoms with van der Waals surface area (Å²) in [6, 6.07) is 1.60. The minimum atomic E-state index is -0.140. The molecule has 0 heterocycles. The maximum atomic E-state index is 9.80. The van der Waals surface area contributed by atoms with Crippen LogP contribution in [0.25, 0.3) is 0 Å². The van der Waals surface area contributed by atoms with Crippen LogP contribution in [0.1, 0.15) is 24.4 Å². The van der Waals surface area contributed by atoms with Gasteiger partial charge >= 0.3 is 0 Å². The van der Waals surface area contributed by atoms with Crippen molar-refractivity contribution in [1.82, 2.24) is 0 Å². The average molecular weight is 405 g/mol. The number of phenolic OH excluding ortho intramolecular Hbond substituents is 1. The monoisotopic (exact) mass is 402 g/mol. The van der Waals surface area contributed by atoms with Gasteiger partial charge in [-0.2, -0.15) is 0 Å². The Hall–Kier alpha value is -0.0100. The van der Waals surface area contributed by atoms with Crippen molar-refractivity contribution >= 4 is 44.3 Å². The Morgan fingerprint density at radius 1 is 1.39 bits per heavy atom. The van der Waals surface area contributed by atoms with E-state index >= 15 is 0 Å². The molecule has 1 atom stereocenters. The SMILES string of the molecule is COc1cc([C@@H](N)CCCN)c(Br)c(Br)c1O.Cl. The predicted molar refractivity (Wildman–Crippen MR) is 82.5 cm³/mol. The molecule has 0 saturated heterocycles. The van der Waals surface area contributed by atoms with Crippen LogP contribution in [0.15, 0.2) is 15.0 Å². The highest BCUT2D eigenvalue weighted by Crippen LogP contribution is 2.43. The summed E-state index contributed by atoms with van der Waals surface area (Å²) in [6.07, 6.45) is 1.64. The van der Waals surface area contributed by atoms with E-state index in [4.69, 9.17) is 16.2 Å². The van der Waals surface area contributed by atoms with Crippen LogP contribution in [0.4, 0.5) is 0 Å². The number of hydrogen-bond donors (Lipinski definition) is 3. The molecule has 0 radical (unpaired) electrons. The highest BCUT2D eigenvalue weighted by Gasteiger charge is 2.18. The number of aromatic hydroxyl groups is 1. The first-order valence-corrected chi connectivity index (χ1v) is 6.82. The first-order chi connectivity index (χ1) is 8.02. The highest BCUT2D eigenvalue weighted by atomic mass is 79.9. The molecule has 18 heavy (non-hydrogen) atoms. The topological polar surface area (TPSA) is 81.5 Å². The Labute approximate surface area is 130 Å². The van der Waals surface area contributed by atoms with Gasteiger partial charge in [0.1, 0.15) is 0 Å². The maximum absolute atomic E-state index is 9.80. The van der Waals surface area contributed by atoms with Crippen LogP contribution in [-0.4, -0.2) is 18.8 Å². The molecule has 0 spiro atoms. The molecular formula is C11H17Br2ClN2O2. The molecule has 5 N–H and O–H groups in total. The zero-order valence-corrected chi connectivity index (χ0v) is 13.9. The second-order valence-electron chi connectivity index (χ2n) is 3.68. The number of nitrogens with two attached hydrogens (primary N) is 2. The summed E-state index contributed by atoms with van der Waals surface area (Å²) >= 11 is 6.71. The van der Waals surface area contributed by atoms with Gasteiger partial charge in [-0.05, 0) is 62.9 Å². The smallest absolute Gasteiger partial charge is 0.173 e. The van der Waals surface area contributed by atoms with E-state index in [2.05, 4.69) is 31.9 Å². The van der Waals surface area contributed by atoms with Crippen molar-refractivity contribution in [2.24, 2.45) is 11.5 Å². The molecule has 0 unspecified atom stereocenters. The third kappa shape index (κ3) is 3.99. The zero-order chi connectivity index (χ0) is 13.0. The Bertz CT molecular complexity index is 405. The van der Waals surface area contributed by atoms with E-state index in [1.807, 2.05) is 0 Å². The van der Waals surface area contributed by atoms with Gasteiger partial charge in [-0.1, -0.05) is 0 Å². The van der Waals surface area contributed by atoms with Crippen molar-refractivity contribution in [3.8, 4) is 11.5 Å². The fraction of sp³-hybridized carbons (Fsp3) is 0.455. The number of hydrogen-bond acceptors (Lipinski definition) is 4. The van der Waals surface area contributed by atoms with Crippen molar-refractivity contribution in [2.75, 3.05) is 13.7 Å². The average Bonchev–Trinajstić information content (AvgIpc) is 2.33. The third-order valence-electron chi connectivity index (χ3n) is 2.51. The van der Waals surface area contributed by atoms with E-state index in [0.717, 1.165) is 22.9 Å². The van der Waals surface area contributed by atoms with E-state index in [-0.39, 0.29) is 24.2 Å². The fourth-order valence-corrected chi connectivity index (χ4v) is 2.55. The van der Waals surface area contributed by atoms with Gasteiger partial charge in [-0.3, -0.25) is 0 Å². The van der Waals surface area contributed by atoms with Crippen molar-refractivity contribution in [3.05, 3.63) is 20.6 Å². The van der Waals surface area contributed by atoms with Crippen LogP contribution in [0.2, 0.25) is 0 Å². The second kappa shape index (κ2) is 8.22. The van der Waals surface area contributed by atoms with Crippen LogP contribution in [0.5, 0.6) is 11.5 Å². The second-order valence-corrected chi connectivity index (χ2v) is 5.27. The molecule has 7 heteroatoms. The Balaban J connectivity index is 0.00000289. The molecule has 0 aliphatic rings. The molecule has 0 aliphatic heterocycles. The van der Waals surface area contributed by atoms with Crippen molar-refractivity contribution < 1.29 is 9.84 Å². The highest BCUT2D eigenvalue weighted by molar-refractivity contribution is 9.13. The van der Waals surface area contributed by atoms with Gasteiger partial charge in [0.15, 0.2) is 11.5 Å². The molecule has 0 aromatic heterocycles. The Morgan fingerprint density at radius 2 is 2.00 bits per heavy atom. The summed E-state index contributed by atoms with van der Waals surface area (Å²) in [6.45, 7) is 0.613. The van der Waals surface area contributed by atoms with Gasteiger partial charge in [0, 0.05) is 10.5 Å². The lowest BCUT2D eigenvalue weighted by atomic mass is 10.0. The zero-order valence-electron chi connectivity index (χ0n) is 9.95. The molecule has 0 saturated carbocycles. The molecule has 1 aromatic rings. The predicted octanol–water partition coefficient (Wildman–Crippen LogP) is 3.09. The van der Waals surface area contributed by atoms with Crippen LogP contribution in [0, 0.1) is 0 Å². The lowest BCUT2D eigenvalue weighted by Gasteiger charge is -2.17. The van der Waals surface area contributed by atoms with Gasteiger partial charge in [-0.15, -0.1) is 12.4 Å². The number of methoxy groups -OCH3 is 1. The van der Waals surface area contributed by atoms with E-state index in [1.54, 1.807) is 6.07 Å². The maximum Gasteiger partial charge on any atom is 0.173 e. The van der Waals surface area contributed by atoms with Crippen LogP contribution < -0.4 is 16.2 Å². The standard InChI is InChI=1S/C11H16Br2N2O2.ClH/c1-17-8-5-6(7(15)3-2-4-14)9(12)10(13)11(8)16;/h5,7,16H,2-4,14-15H2,1H3;1H/t7-;/m0./s1. The van der Waals surface area contributed by atoms with E-state index in [9.17, 15) is 5.11 Å². The van der Waals surface area contributed by atoms with Crippen LogP contribution >= 0.6 is 44.3 Å². The van der Waals surface area contributed by atoms with Gasteiger partial charge in [0.05, 0.1) is 11.6 Å². The molecule has 1 rings (SSSR count). The first kappa shape index (κ1) is 18.0. The summed E-state index contributed by atoms with van der Waals surface area (Å²) in [7, 11) is 1.50. The minimum absolute atomic E-state index is 0. The summed E-state index contributed by atoms with van der Waals surface area (Å²) in [4.78, 5) is 0. The quantitative estimate of drug-likeness (QED) is 0.704. The van der Waals surface area contributed by atoms with E-state index < -0.39 is 0 Å². The summed E-state index contributed by atoms with van der Waals surface area (Å²) < 4.78 is 6.40. The van der Waals surface area contributed by atoms with Crippen molar-refractivity contribution in [2.45, 2.75) is 18.9 Å². The van der Waals surface area contributed by atoms with Gasteiger partial charge in [0.25, 0.3) is 0 Å². The first-order valence-electron chi connectivity index (χ1n) is 5.23. The number of benzene rings is 1. The third-order valence-corrected chi connectivity index (χ3v) is 4.67. The van der Waals surface area contributed by atoms with Crippen LogP contribution in [0.3, 0.4) is 0 Å². The Morgan fingerprint density at radius 3 is 2.50 bits per heavy atom. The van der Waals surface area contributed by atoms with E-state index in [1.165, 1.54) is 7.11 Å². The molecule has 104 valence electrons. The minimum Gasteiger partial charge on any atom is -0.503 e. The van der Waals surface area contributed by atoms with Crippen molar-refractivity contribution in [1.29, 1.82) is 0 Å². The fourth-order valence-electron chi connectivity index (χ4n) is 1.53. The molecule has 0 fully saturated rings. The summed E-state index contributed by atoms with van der Waals surface area (Å²) in [5.41, 5.74) is 12.4. The molecular weight excluding hydrogens is 387 g/mol. The van der Waals surface area contributed by atoms with Crippen LogP contribution in [-0.2, 0) is 0 Å². The summed E-state index contributed by atoms with van der Waals surface area (Å²) in [5.74, 6) is 0.465. The molecule has 4 nitrogen and oxygen atoms in total. The largest absolute Gasteiger partial charge is 0.503 e. The normalized spacial score (nSPS) is 11.8. The lowest BCUT2D eigenvalue weighted by Crippen LogP contribution is -2.13. The molecule has 0 bridgehead atoms. The number of rotatable bonds is 5. The number of phenols is 1. The Kier molecular flexibility index (Phi) is 8.21. The molecule has 0 aliphatic carbocycles. The summed E-state index contributed by atoms with van der Waals surface area (Å²) in [5, 5.41) is 9.80. The lowest BCUT2D eigenvalue weighted by molar-refractivity contribution is 0.370. The van der Waals surface area contributed by atoms with Crippen molar-refractivity contribution in [3.63, 3.8) is 0 Å². The number of halogens is 3. The van der Waals surface area contributed by atoms with Gasteiger partial charge in [0.2, 0.25) is 0 Å². The molecule has 0 amide bonds. The number of ether oxygens (including phenoxy) is 1. The van der Waals surface area contributed by atoms with E-state index in [0.29, 0.717) is 16.8 Å². The van der Waals surface area contributed by atoms with Gasteiger partial charge < -0.3 is 21.3 Å². The molecule has 1 aromatic carbocycles. The van der Waals surface area contributed by atoms with Gasteiger partial charge in [-0.25, -0.2) is 0 Å².